The van der Waals surface area contributed by atoms with Gasteiger partial charge in [-0.05, 0) is 77.8 Å². The van der Waals surface area contributed by atoms with Crippen LogP contribution in [0.2, 0.25) is 5.02 Å². The van der Waals surface area contributed by atoms with Gasteiger partial charge in [-0.3, -0.25) is 9.59 Å². The number of hydrazone groups is 1. The zero-order valence-corrected chi connectivity index (χ0v) is 24.2. The van der Waals surface area contributed by atoms with Gasteiger partial charge in [-0.2, -0.15) is 5.10 Å². The Kier molecular flexibility index (Phi) is 10.4. The molecule has 3 aromatic carbocycles. The molecule has 194 valence electrons. The van der Waals surface area contributed by atoms with Crippen molar-refractivity contribution in [3.8, 4) is 17.2 Å². The highest BCUT2D eigenvalue weighted by Gasteiger charge is 2.14. The number of carbonyl (C=O) groups is 2. The van der Waals surface area contributed by atoms with E-state index in [0.29, 0.717) is 50.2 Å². The minimum absolute atomic E-state index is 0.259. The summed E-state index contributed by atoms with van der Waals surface area (Å²) in [5.74, 6) is 0.554. The third-order valence-corrected chi connectivity index (χ3v) is 6.39. The van der Waals surface area contributed by atoms with Crippen molar-refractivity contribution in [2.75, 3.05) is 25.6 Å². The fourth-order valence-electron chi connectivity index (χ4n) is 3.14. The largest absolute Gasteiger partial charge is 0.493 e. The first-order valence-electron chi connectivity index (χ1n) is 11.0. The molecule has 0 fully saturated rings. The molecule has 0 aromatic heterocycles. The number of rotatable bonds is 10. The molecule has 0 aliphatic rings. The molecule has 0 aliphatic heterocycles. The number of hydrogen-bond acceptors (Lipinski definition) is 6. The van der Waals surface area contributed by atoms with E-state index >= 15 is 0 Å². The minimum Gasteiger partial charge on any atom is -0.493 e. The van der Waals surface area contributed by atoms with Crippen molar-refractivity contribution in [1.29, 1.82) is 0 Å². The second kappa shape index (κ2) is 13.5. The molecular formula is C26H24Br2ClN3O5. The Labute approximate surface area is 236 Å². The van der Waals surface area contributed by atoms with Crippen LogP contribution in [0.15, 0.2) is 62.6 Å². The summed E-state index contributed by atoms with van der Waals surface area (Å²) in [5, 5.41) is 7.35. The summed E-state index contributed by atoms with van der Waals surface area (Å²) in [7, 11) is 1.50. The molecule has 0 bridgehead atoms. The summed E-state index contributed by atoms with van der Waals surface area (Å²) in [4.78, 5) is 25.0. The van der Waals surface area contributed by atoms with E-state index in [0.717, 1.165) is 10.0 Å². The Morgan fingerprint density at radius 2 is 1.84 bits per heavy atom. The van der Waals surface area contributed by atoms with Crippen LogP contribution in [0, 0.1) is 6.92 Å². The number of nitrogens with one attached hydrogen (secondary N) is 2. The van der Waals surface area contributed by atoms with E-state index in [2.05, 4.69) is 47.7 Å². The number of anilines is 1. The average Bonchev–Trinajstić information content (AvgIpc) is 2.86. The van der Waals surface area contributed by atoms with Gasteiger partial charge in [0.2, 0.25) is 0 Å². The first-order valence-corrected chi connectivity index (χ1v) is 13.0. The molecule has 0 saturated carbocycles. The smallest absolute Gasteiger partial charge is 0.271 e. The molecule has 37 heavy (non-hydrogen) atoms. The van der Waals surface area contributed by atoms with Crippen LogP contribution < -0.4 is 25.0 Å². The Balaban J connectivity index is 1.69. The number of ether oxygens (including phenoxy) is 3. The first-order chi connectivity index (χ1) is 17.7. The minimum atomic E-state index is -0.440. The summed E-state index contributed by atoms with van der Waals surface area (Å²) < 4.78 is 17.9. The fraction of sp³-hybridized carbons (Fsp3) is 0.192. The molecular weight excluding hydrogens is 630 g/mol. The van der Waals surface area contributed by atoms with Crippen molar-refractivity contribution in [2.24, 2.45) is 5.10 Å². The summed E-state index contributed by atoms with van der Waals surface area (Å²) in [6, 6.07) is 13.6. The van der Waals surface area contributed by atoms with Crippen LogP contribution in [0.3, 0.4) is 0 Å². The molecule has 3 rings (SSSR count). The van der Waals surface area contributed by atoms with Crippen LogP contribution in [-0.2, 0) is 4.79 Å². The van der Waals surface area contributed by atoms with Gasteiger partial charge in [-0.1, -0.05) is 33.6 Å². The summed E-state index contributed by atoms with van der Waals surface area (Å²) >= 11 is 13.0. The van der Waals surface area contributed by atoms with Crippen molar-refractivity contribution in [3.05, 3.63) is 79.2 Å². The summed E-state index contributed by atoms with van der Waals surface area (Å²) in [6.07, 6.45) is 1.42. The molecule has 0 heterocycles. The maximum atomic E-state index is 12.6. The van der Waals surface area contributed by atoms with Crippen molar-refractivity contribution >= 4 is 67.2 Å². The quantitative estimate of drug-likeness (QED) is 0.196. The fourth-order valence-corrected chi connectivity index (χ4v) is 4.70. The monoisotopic (exact) mass is 651 g/mol. The van der Waals surface area contributed by atoms with Crippen molar-refractivity contribution in [1.82, 2.24) is 5.43 Å². The molecule has 2 amide bonds. The lowest BCUT2D eigenvalue weighted by molar-refractivity contribution is -0.118. The first kappa shape index (κ1) is 28.5. The number of benzene rings is 3. The SMILES string of the molecule is CCOc1ccc(C(=O)N/N=C/c2cc(Br)cc(Br)c2OCC(=O)Nc2ccc(C)c(Cl)c2)cc1OC. The van der Waals surface area contributed by atoms with E-state index in [9.17, 15) is 9.59 Å². The Hall–Kier alpha value is -3.08. The van der Waals surface area contributed by atoms with Gasteiger partial charge in [-0.15, -0.1) is 0 Å². The third-order valence-electron chi connectivity index (χ3n) is 4.94. The van der Waals surface area contributed by atoms with Crippen LogP contribution in [0.4, 0.5) is 5.69 Å². The van der Waals surface area contributed by atoms with Crippen molar-refractivity contribution in [3.63, 3.8) is 0 Å². The maximum Gasteiger partial charge on any atom is 0.271 e. The zero-order chi connectivity index (χ0) is 26.9. The van der Waals surface area contributed by atoms with E-state index in [4.69, 9.17) is 25.8 Å². The molecule has 8 nitrogen and oxygen atoms in total. The number of methoxy groups -OCH3 is 1. The number of halogens is 3. The molecule has 0 spiro atoms. The Bertz CT molecular complexity index is 1330. The Morgan fingerprint density at radius 3 is 2.54 bits per heavy atom. The van der Waals surface area contributed by atoms with Crippen molar-refractivity contribution < 1.29 is 23.8 Å². The summed E-state index contributed by atoms with van der Waals surface area (Å²) in [5.41, 5.74) is 4.82. The average molecular weight is 654 g/mol. The number of amides is 2. The molecule has 2 N–H and O–H groups in total. The van der Waals surface area contributed by atoms with E-state index in [1.165, 1.54) is 13.3 Å². The molecule has 0 aliphatic carbocycles. The predicted octanol–water partition coefficient (Wildman–Crippen LogP) is 6.36. The Morgan fingerprint density at radius 1 is 1.05 bits per heavy atom. The van der Waals surface area contributed by atoms with Crippen LogP contribution in [-0.4, -0.2) is 38.4 Å². The third kappa shape index (κ3) is 7.95. The van der Waals surface area contributed by atoms with Gasteiger partial charge in [0.15, 0.2) is 18.1 Å². The van der Waals surface area contributed by atoms with Gasteiger partial charge in [0.25, 0.3) is 11.8 Å². The second-order valence-electron chi connectivity index (χ2n) is 7.60. The molecule has 0 unspecified atom stereocenters. The normalized spacial score (nSPS) is 10.8. The van der Waals surface area contributed by atoms with E-state index in [1.54, 1.807) is 42.5 Å². The van der Waals surface area contributed by atoms with Gasteiger partial charge in [-0.25, -0.2) is 5.43 Å². The lowest BCUT2D eigenvalue weighted by Gasteiger charge is -2.13. The van der Waals surface area contributed by atoms with Crippen LogP contribution in [0.1, 0.15) is 28.4 Å². The lowest BCUT2D eigenvalue weighted by Crippen LogP contribution is -2.21. The van der Waals surface area contributed by atoms with Gasteiger partial charge in [0.05, 0.1) is 24.4 Å². The van der Waals surface area contributed by atoms with Crippen molar-refractivity contribution in [2.45, 2.75) is 13.8 Å². The topological polar surface area (TPSA) is 98.3 Å². The molecule has 3 aromatic rings. The highest BCUT2D eigenvalue weighted by molar-refractivity contribution is 9.11. The molecule has 0 saturated heterocycles. The van der Waals surface area contributed by atoms with E-state index in [-0.39, 0.29) is 12.5 Å². The maximum absolute atomic E-state index is 12.6. The van der Waals surface area contributed by atoms with Crippen LogP contribution in [0.25, 0.3) is 0 Å². The molecule has 0 atom stereocenters. The highest BCUT2D eigenvalue weighted by atomic mass is 79.9. The van der Waals surface area contributed by atoms with Crippen LogP contribution >= 0.6 is 43.5 Å². The van der Waals surface area contributed by atoms with E-state index in [1.807, 2.05) is 19.9 Å². The predicted molar refractivity (Wildman–Crippen MR) is 151 cm³/mol. The zero-order valence-electron chi connectivity index (χ0n) is 20.2. The molecule has 0 radical (unpaired) electrons. The number of nitrogens with zero attached hydrogens (tertiary/aromatic N) is 1. The van der Waals surface area contributed by atoms with Gasteiger partial charge >= 0.3 is 0 Å². The number of carbonyl (C=O) groups excluding carboxylic acids is 2. The lowest BCUT2D eigenvalue weighted by atomic mass is 10.2. The number of hydrogen-bond donors (Lipinski definition) is 2. The van der Waals surface area contributed by atoms with Gasteiger partial charge < -0.3 is 19.5 Å². The standard InChI is InChI=1S/C26H24Br2ClN3O5/c1-4-36-22-8-6-16(10-23(22)35-3)26(34)32-30-13-17-9-18(27)11-20(28)25(17)37-14-24(33)31-19-7-5-15(2)21(29)12-19/h5-13H,4,14H2,1-3H3,(H,31,33)(H,32,34)/b30-13+. The van der Waals surface area contributed by atoms with Gasteiger partial charge in [0, 0.05) is 26.3 Å². The number of aryl methyl sites for hydroxylation is 1. The van der Waals surface area contributed by atoms with Gasteiger partial charge in [0.1, 0.15) is 5.75 Å². The van der Waals surface area contributed by atoms with Crippen LogP contribution in [0.5, 0.6) is 17.2 Å². The molecule has 11 heteroatoms. The summed E-state index contributed by atoms with van der Waals surface area (Å²) in [6.45, 7) is 3.95. The van der Waals surface area contributed by atoms with E-state index < -0.39 is 5.91 Å². The second-order valence-corrected chi connectivity index (χ2v) is 9.78. The highest BCUT2D eigenvalue weighted by Crippen LogP contribution is 2.32.